The van der Waals surface area contributed by atoms with Crippen molar-refractivity contribution in [2.24, 2.45) is 11.3 Å². The quantitative estimate of drug-likeness (QED) is 0.577. The topological polar surface area (TPSA) is 61.4 Å². The van der Waals surface area contributed by atoms with Crippen molar-refractivity contribution in [3.05, 3.63) is 0 Å². The Hall–Kier alpha value is -0.610. The molecule has 0 radical (unpaired) electrons. The summed E-state index contributed by atoms with van der Waals surface area (Å²) in [5.74, 6) is 0.635. The predicted molar refractivity (Wildman–Crippen MR) is 66.2 cm³/mol. The summed E-state index contributed by atoms with van der Waals surface area (Å²) in [5, 5.41) is 14.9. The molecular formula is C12H26N2O2. The van der Waals surface area contributed by atoms with E-state index in [2.05, 4.69) is 24.5 Å². The van der Waals surface area contributed by atoms with Crippen molar-refractivity contribution < 1.29 is 9.90 Å². The summed E-state index contributed by atoms with van der Waals surface area (Å²) in [6, 6.07) is 0. The number of nitrogens with one attached hydrogen (secondary N) is 2. The van der Waals surface area contributed by atoms with Gasteiger partial charge in [0.25, 0.3) is 0 Å². The number of carbonyl (C=O) groups excluding carboxylic acids is 1. The van der Waals surface area contributed by atoms with Crippen molar-refractivity contribution >= 4 is 5.91 Å². The highest BCUT2D eigenvalue weighted by atomic mass is 16.3. The van der Waals surface area contributed by atoms with Gasteiger partial charge in [-0.05, 0) is 12.3 Å². The maximum absolute atomic E-state index is 11.4. The molecule has 0 heterocycles. The molecule has 4 heteroatoms. The van der Waals surface area contributed by atoms with E-state index >= 15 is 0 Å². The molecule has 0 spiro atoms. The van der Waals surface area contributed by atoms with Crippen LogP contribution < -0.4 is 10.6 Å². The van der Waals surface area contributed by atoms with Gasteiger partial charge < -0.3 is 15.7 Å². The van der Waals surface area contributed by atoms with Gasteiger partial charge >= 0.3 is 0 Å². The highest BCUT2D eigenvalue weighted by Crippen LogP contribution is 2.10. The first-order valence-corrected chi connectivity index (χ1v) is 5.95. The standard InChI is InChI=1S/C12H26N2O2/c1-10(2)5-6-14-11(16)7-13-8-12(3,4)9-15/h10,13,15H,5-9H2,1-4H3,(H,14,16). The molecule has 0 aliphatic heterocycles. The van der Waals surface area contributed by atoms with Crippen molar-refractivity contribution in [1.29, 1.82) is 0 Å². The van der Waals surface area contributed by atoms with Crippen LogP contribution in [0.25, 0.3) is 0 Å². The first kappa shape index (κ1) is 15.4. The minimum atomic E-state index is -0.168. The summed E-state index contributed by atoms with van der Waals surface area (Å²) < 4.78 is 0. The van der Waals surface area contributed by atoms with Crippen LogP contribution in [0.15, 0.2) is 0 Å². The van der Waals surface area contributed by atoms with Crippen molar-refractivity contribution in [1.82, 2.24) is 10.6 Å². The first-order valence-electron chi connectivity index (χ1n) is 5.95. The maximum atomic E-state index is 11.4. The second kappa shape index (κ2) is 7.63. The summed E-state index contributed by atoms with van der Waals surface area (Å²) in [5.41, 5.74) is -0.168. The normalized spacial score (nSPS) is 11.9. The van der Waals surface area contributed by atoms with Gasteiger partial charge in [0.1, 0.15) is 0 Å². The molecular weight excluding hydrogens is 204 g/mol. The molecule has 0 atom stereocenters. The fraction of sp³-hybridized carbons (Fsp3) is 0.917. The lowest BCUT2D eigenvalue weighted by Crippen LogP contribution is -2.39. The molecule has 4 nitrogen and oxygen atoms in total. The summed E-state index contributed by atoms with van der Waals surface area (Å²) in [6.07, 6.45) is 1.01. The summed E-state index contributed by atoms with van der Waals surface area (Å²) >= 11 is 0. The van der Waals surface area contributed by atoms with Gasteiger partial charge in [-0.15, -0.1) is 0 Å². The lowest BCUT2D eigenvalue weighted by Gasteiger charge is -2.21. The fourth-order valence-corrected chi connectivity index (χ4v) is 1.13. The molecule has 0 fully saturated rings. The van der Waals surface area contributed by atoms with Gasteiger partial charge in [0, 0.05) is 25.1 Å². The SMILES string of the molecule is CC(C)CCNC(=O)CNCC(C)(C)CO. The molecule has 16 heavy (non-hydrogen) atoms. The van der Waals surface area contributed by atoms with Gasteiger partial charge in [0.15, 0.2) is 0 Å². The summed E-state index contributed by atoms with van der Waals surface area (Å²) in [6.45, 7) is 9.99. The van der Waals surface area contributed by atoms with Crippen LogP contribution in [0, 0.1) is 11.3 Å². The molecule has 1 amide bonds. The predicted octanol–water partition coefficient (Wildman–Crippen LogP) is 0.757. The zero-order valence-corrected chi connectivity index (χ0v) is 11.0. The van der Waals surface area contributed by atoms with E-state index in [4.69, 9.17) is 5.11 Å². The van der Waals surface area contributed by atoms with E-state index in [1.807, 2.05) is 13.8 Å². The van der Waals surface area contributed by atoms with Gasteiger partial charge in [-0.2, -0.15) is 0 Å². The van der Waals surface area contributed by atoms with Crippen LogP contribution >= 0.6 is 0 Å². The minimum absolute atomic E-state index is 0.0226. The van der Waals surface area contributed by atoms with E-state index in [0.29, 0.717) is 19.0 Å². The fourth-order valence-electron chi connectivity index (χ4n) is 1.13. The van der Waals surface area contributed by atoms with E-state index in [-0.39, 0.29) is 17.9 Å². The lowest BCUT2D eigenvalue weighted by molar-refractivity contribution is -0.120. The molecule has 0 aromatic heterocycles. The van der Waals surface area contributed by atoms with E-state index < -0.39 is 0 Å². The van der Waals surface area contributed by atoms with Crippen molar-refractivity contribution in [3.63, 3.8) is 0 Å². The summed E-state index contributed by atoms with van der Waals surface area (Å²) in [4.78, 5) is 11.4. The molecule has 3 N–H and O–H groups in total. The average molecular weight is 230 g/mol. The van der Waals surface area contributed by atoms with Gasteiger partial charge in [-0.3, -0.25) is 4.79 Å². The molecule has 0 saturated carbocycles. The second-order valence-electron chi connectivity index (χ2n) is 5.46. The largest absolute Gasteiger partial charge is 0.396 e. The van der Waals surface area contributed by atoms with E-state index in [9.17, 15) is 4.79 Å². The Balaban J connectivity index is 3.51. The third-order valence-electron chi connectivity index (χ3n) is 2.36. The minimum Gasteiger partial charge on any atom is -0.396 e. The van der Waals surface area contributed by atoms with Crippen LogP contribution in [-0.2, 0) is 4.79 Å². The van der Waals surface area contributed by atoms with Gasteiger partial charge in [0.2, 0.25) is 5.91 Å². The van der Waals surface area contributed by atoms with Crippen LogP contribution in [0.5, 0.6) is 0 Å². The molecule has 0 aliphatic rings. The van der Waals surface area contributed by atoms with Gasteiger partial charge in [-0.1, -0.05) is 27.7 Å². The monoisotopic (exact) mass is 230 g/mol. The number of carbonyl (C=O) groups is 1. The lowest BCUT2D eigenvalue weighted by atomic mass is 9.95. The van der Waals surface area contributed by atoms with Crippen molar-refractivity contribution in [2.45, 2.75) is 34.1 Å². The molecule has 96 valence electrons. The highest BCUT2D eigenvalue weighted by Gasteiger charge is 2.15. The molecule has 0 aliphatic carbocycles. The molecule has 0 rings (SSSR count). The number of rotatable bonds is 8. The third-order valence-corrected chi connectivity index (χ3v) is 2.36. The molecule has 0 aromatic rings. The van der Waals surface area contributed by atoms with E-state index in [1.54, 1.807) is 0 Å². The van der Waals surface area contributed by atoms with Crippen molar-refractivity contribution in [2.75, 3.05) is 26.2 Å². The van der Waals surface area contributed by atoms with Crippen LogP contribution in [0.3, 0.4) is 0 Å². The Labute approximate surface area is 98.8 Å². The van der Waals surface area contributed by atoms with Crippen LogP contribution in [0.1, 0.15) is 34.1 Å². The Bertz CT molecular complexity index is 203. The average Bonchev–Trinajstić information content (AvgIpc) is 2.17. The second-order valence-corrected chi connectivity index (χ2v) is 5.46. The zero-order valence-electron chi connectivity index (χ0n) is 11.0. The number of hydrogen-bond acceptors (Lipinski definition) is 3. The first-order chi connectivity index (χ1) is 7.37. The third kappa shape index (κ3) is 8.68. The molecule has 0 aromatic carbocycles. The van der Waals surface area contributed by atoms with Crippen LogP contribution in [0.4, 0.5) is 0 Å². The zero-order chi connectivity index (χ0) is 12.6. The molecule has 0 saturated heterocycles. The van der Waals surface area contributed by atoms with E-state index in [1.165, 1.54) is 0 Å². The number of aliphatic hydroxyl groups excluding tert-OH is 1. The Kier molecular flexibility index (Phi) is 7.34. The Morgan fingerprint density at radius 3 is 2.50 bits per heavy atom. The highest BCUT2D eigenvalue weighted by molar-refractivity contribution is 5.77. The maximum Gasteiger partial charge on any atom is 0.233 e. The van der Waals surface area contributed by atoms with Gasteiger partial charge in [-0.25, -0.2) is 0 Å². The van der Waals surface area contributed by atoms with Gasteiger partial charge in [0.05, 0.1) is 6.54 Å². The smallest absolute Gasteiger partial charge is 0.233 e. The number of amides is 1. The Morgan fingerprint density at radius 2 is 2.00 bits per heavy atom. The van der Waals surface area contributed by atoms with Crippen molar-refractivity contribution in [3.8, 4) is 0 Å². The van der Waals surface area contributed by atoms with Crippen LogP contribution in [0.2, 0.25) is 0 Å². The number of aliphatic hydroxyl groups is 1. The molecule has 0 bridgehead atoms. The van der Waals surface area contributed by atoms with E-state index in [0.717, 1.165) is 13.0 Å². The molecule has 0 unspecified atom stereocenters. The Morgan fingerprint density at radius 1 is 1.38 bits per heavy atom. The van der Waals surface area contributed by atoms with Crippen LogP contribution in [-0.4, -0.2) is 37.3 Å². The summed E-state index contributed by atoms with van der Waals surface area (Å²) in [7, 11) is 0. The number of hydrogen-bond donors (Lipinski definition) is 3.